The minimum Gasteiger partial charge on any atom is -0.348 e. The Labute approximate surface area is 194 Å². The highest BCUT2D eigenvalue weighted by atomic mass is 35.5. The van der Waals surface area contributed by atoms with Crippen LogP contribution in [0.25, 0.3) is 0 Å². The molecule has 33 heavy (non-hydrogen) atoms. The average Bonchev–Trinajstić information content (AvgIpc) is 3.08. The molecule has 6 nitrogen and oxygen atoms in total. The highest BCUT2D eigenvalue weighted by Gasteiger charge is 2.50. The summed E-state index contributed by atoms with van der Waals surface area (Å²) in [5.41, 5.74) is -0.624. The van der Waals surface area contributed by atoms with Crippen molar-refractivity contribution in [2.45, 2.75) is 31.3 Å². The van der Waals surface area contributed by atoms with Crippen LogP contribution in [0.4, 0.5) is 18.9 Å². The zero-order valence-electron chi connectivity index (χ0n) is 18.0. The van der Waals surface area contributed by atoms with Gasteiger partial charge in [-0.1, -0.05) is 17.7 Å². The van der Waals surface area contributed by atoms with Crippen molar-refractivity contribution < 1.29 is 22.8 Å². The van der Waals surface area contributed by atoms with E-state index >= 15 is 0 Å². The van der Waals surface area contributed by atoms with E-state index in [9.17, 15) is 22.8 Å². The zero-order valence-corrected chi connectivity index (χ0v) is 18.8. The van der Waals surface area contributed by atoms with Crippen LogP contribution in [0.3, 0.4) is 0 Å². The van der Waals surface area contributed by atoms with Gasteiger partial charge >= 0.3 is 0 Å². The normalized spacial score (nSPS) is 18.9. The van der Waals surface area contributed by atoms with Gasteiger partial charge in [0.25, 0.3) is 5.91 Å². The highest BCUT2D eigenvalue weighted by molar-refractivity contribution is 6.34. The van der Waals surface area contributed by atoms with E-state index in [-0.39, 0.29) is 17.8 Å². The topological polar surface area (TPSA) is 64.7 Å². The fraction of sp³-hybridized carbons (Fsp3) is 0.391. The third-order valence-corrected chi connectivity index (χ3v) is 6.69. The molecule has 0 aromatic heterocycles. The number of amides is 2. The molecular weight excluding hydrogens is 457 g/mol. The Bertz CT molecular complexity index is 1080. The van der Waals surface area contributed by atoms with E-state index in [0.717, 1.165) is 12.1 Å². The van der Waals surface area contributed by atoms with Crippen molar-refractivity contribution in [3.8, 4) is 0 Å². The first kappa shape index (κ1) is 23.4. The van der Waals surface area contributed by atoms with Gasteiger partial charge in [0.15, 0.2) is 0 Å². The van der Waals surface area contributed by atoms with E-state index < -0.39 is 33.7 Å². The van der Waals surface area contributed by atoms with Gasteiger partial charge in [0.05, 0.1) is 17.3 Å². The molecule has 0 bridgehead atoms. The summed E-state index contributed by atoms with van der Waals surface area (Å²) in [5.74, 6) is -2.99. The minimum atomic E-state index is -0.893. The van der Waals surface area contributed by atoms with Crippen molar-refractivity contribution in [3.63, 3.8) is 0 Å². The number of nitrogens with one attached hydrogen (secondary N) is 2. The van der Waals surface area contributed by atoms with Crippen LogP contribution in [0, 0.1) is 17.5 Å². The number of carbonyl (C=O) groups is 2. The lowest BCUT2D eigenvalue weighted by Gasteiger charge is -2.43. The largest absolute Gasteiger partial charge is 0.348 e. The molecule has 0 radical (unpaired) electrons. The molecule has 2 aromatic rings. The first-order valence-corrected chi connectivity index (χ1v) is 11.1. The number of carbonyl (C=O) groups excluding carboxylic acids is 2. The van der Waals surface area contributed by atoms with Crippen LogP contribution < -0.4 is 15.5 Å². The van der Waals surface area contributed by atoms with E-state index in [1.807, 2.05) is 4.90 Å². The zero-order chi connectivity index (χ0) is 23.8. The Morgan fingerprint density at radius 2 is 1.88 bits per heavy atom. The summed E-state index contributed by atoms with van der Waals surface area (Å²) < 4.78 is 41.4. The van der Waals surface area contributed by atoms with E-state index in [0.29, 0.717) is 44.8 Å². The van der Waals surface area contributed by atoms with Crippen LogP contribution in [-0.2, 0) is 4.79 Å². The molecule has 4 rings (SSSR count). The monoisotopic (exact) mass is 480 g/mol. The average molecular weight is 481 g/mol. The van der Waals surface area contributed by atoms with Gasteiger partial charge in [-0.25, -0.2) is 13.2 Å². The maximum absolute atomic E-state index is 14.0. The third kappa shape index (κ3) is 4.52. The van der Waals surface area contributed by atoms with Crippen molar-refractivity contribution in [3.05, 3.63) is 64.4 Å². The predicted octanol–water partition coefficient (Wildman–Crippen LogP) is 3.30. The van der Waals surface area contributed by atoms with Gasteiger partial charge in [-0.3, -0.25) is 9.59 Å². The van der Waals surface area contributed by atoms with Crippen molar-refractivity contribution in [1.82, 2.24) is 15.5 Å². The fourth-order valence-electron chi connectivity index (χ4n) is 4.64. The number of halogens is 4. The Morgan fingerprint density at radius 3 is 2.58 bits per heavy atom. The Kier molecular flexibility index (Phi) is 6.54. The number of piperidine rings is 1. The molecule has 2 N–H and O–H groups in total. The number of benzene rings is 2. The standard InChI is InChI=1S/C23H24ClF3N4O2/c1-14(29-21(32)19-17(26)5-6-18(27)20(19)24)12-30-9-7-23(8-10-30)22(33)28-13-31(23)16-4-2-3-15(25)11-16/h2-6,11,14H,7-10,12-13H2,1H3,(H,28,33)(H,29,32)/t14-/m0/s1. The molecular formula is C23H24ClF3N4O2. The highest BCUT2D eigenvalue weighted by Crippen LogP contribution is 2.36. The molecule has 1 spiro atoms. The summed E-state index contributed by atoms with van der Waals surface area (Å²) >= 11 is 5.77. The molecule has 2 fully saturated rings. The summed E-state index contributed by atoms with van der Waals surface area (Å²) in [4.78, 5) is 29.2. The van der Waals surface area contributed by atoms with Crippen molar-refractivity contribution in [2.75, 3.05) is 31.2 Å². The first-order chi connectivity index (χ1) is 15.7. The molecule has 10 heteroatoms. The molecule has 2 saturated heterocycles. The molecule has 2 aromatic carbocycles. The van der Waals surface area contributed by atoms with Crippen LogP contribution >= 0.6 is 11.6 Å². The van der Waals surface area contributed by atoms with Crippen molar-refractivity contribution in [1.29, 1.82) is 0 Å². The second-order valence-electron chi connectivity index (χ2n) is 8.50. The summed E-state index contributed by atoms with van der Waals surface area (Å²) in [5, 5.41) is 4.98. The first-order valence-electron chi connectivity index (χ1n) is 10.7. The molecule has 2 amide bonds. The smallest absolute Gasteiger partial charge is 0.256 e. The molecule has 0 aliphatic carbocycles. The molecule has 2 aliphatic heterocycles. The van der Waals surface area contributed by atoms with Crippen LogP contribution in [0.1, 0.15) is 30.1 Å². The number of hydrogen-bond donors (Lipinski definition) is 2. The lowest BCUT2D eigenvalue weighted by Crippen LogP contribution is -2.57. The summed E-state index contributed by atoms with van der Waals surface area (Å²) in [6.45, 7) is 3.68. The molecule has 2 aliphatic rings. The molecule has 176 valence electrons. The van der Waals surface area contributed by atoms with E-state index in [4.69, 9.17) is 11.6 Å². The number of likely N-dealkylation sites (tertiary alicyclic amines) is 1. The molecule has 0 unspecified atom stereocenters. The summed E-state index contributed by atoms with van der Waals surface area (Å²) in [6.07, 6.45) is 1.06. The third-order valence-electron chi connectivity index (χ3n) is 6.32. The van der Waals surface area contributed by atoms with Gasteiger partial charge in [0.2, 0.25) is 5.91 Å². The van der Waals surface area contributed by atoms with Crippen LogP contribution in [0.5, 0.6) is 0 Å². The van der Waals surface area contributed by atoms with Gasteiger partial charge in [-0.05, 0) is 50.1 Å². The quantitative estimate of drug-likeness (QED) is 0.645. The van der Waals surface area contributed by atoms with Gasteiger partial charge in [-0.15, -0.1) is 0 Å². The van der Waals surface area contributed by atoms with Gasteiger partial charge in [0, 0.05) is 31.4 Å². The summed E-state index contributed by atoms with van der Waals surface area (Å²) in [6, 6.07) is 7.54. The predicted molar refractivity (Wildman–Crippen MR) is 119 cm³/mol. The Balaban J connectivity index is 1.38. The number of nitrogens with zero attached hydrogens (tertiary/aromatic N) is 2. The van der Waals surface area contributed by atoms with Crippen molar-refractivity contribution in [2.24, 2.45) is 0 Å². The van der Waals surface area contributed by atoms with E-state index in [2.05, 4.69) is 15.5 Å². The lowest BCUT2D eigenvalue weighted by atomic mass is 9.85. The van der Waals surface area contributed by atoms with E-state index in [1.165, 1.54) is 12.1 Å². The SMILES string of the molecule is C[C@@H](CN1CCC2(CC1)C(=O)NCN2c1cccc(F)c1)NC(=O)c1c(F)ccc(F)c1Cl. The van der Waals surface area contributed by atoms with Crippen molar-refractivity contribution >= 4 is 29.1 Å². The lowest BCUT2D eigenvalue weighted by molar-refractivity contribution is -0.125. The Hall–Kier alpha value is -2.78. The maximum Gasteiger partial charge on any atom is 0.256 e. The van der Waals surface area contributed by atoms with E-state index in [1.54, 1.807) is 19.1 Å². The second kappa shape index (κ2) is 9.23. The second-order valence-corrected chi connectivity index (χ2v) is 8.87. The molecule has 1 atom stereocenters. The van der Waals surface area contributed by atoms with Gasteiger partial charge in [0.1, 0.15) is 23.0 Å². The Morgan fingerprint density at radius 1 is 1.18 bits per heavy atom. The number of rotatable bonds is 5. The fourth-order valence-corrected chi connectivity index (χ4v) is 4.88. The van der Waals surface area contributed by atoms with Crippen LogP contribution in [0.15, 0.2) is 36.4 Å². The van der Waals surface area contributed by atoms with Gasteiger partial charge in [-0.2, -0.15) is 0 Å². The number of anilines is 1. The molecule has 2 heterocycles. The van der Waals surface area contributed by atoms with Gasteiger partial charge < -0.3 is 20.4 Å². The number of hydrogen-bond acceptors (Lipinski definition) is 4. The van der Waals surface area contributed by atoms with Crippen LogP contribution in [0.2, 0.25) is 5.02 Å². The summed E-state index contributed by atoms with van der Waals surface area (Å²) in [7, 11) is 0. The minimum absolute atomic E-state index is 0.0796. The maximum atomic E-state index is 14.0. The van der Waals surface area contributed by atoms with Crippen LogP contribution in [-0.4, -0.2) is 54.6 Å². The molecule has 0 saturated carbocycles.